The molecular weight excluding hydrogens is 374 g/mol. The molecule has 0 aliphatic rings. The molecule has 29 heavy (non-hydrogen) atoms. The number of nitrogens with zero attached hydrogens (tertiary/aromatic N) is 3. The fraction of sp³-hybridized carbons (Fsp3) is 0.286. The van der Waals surface area contributed by atoms with E-state index < -0.39 is 11.6 Å². The van der Waals surface area contributed by atoms with Crippen molar-refractivity contribution in [3.05, 3.63) is 83.7 Å². The molecule has 0 bridgehead atoms. The first kappa shape index (κ1) is 20.4. The van der Waals surface area contributed by atoms with E-state index in [4.69, 9.17) is 5.73 Å². The number of imidazole rings is 1. The normalized spacial score (nSPS) is 12.7. The Morgan fingerprint density at radius 2 is 2.10 bits per heavy atom. The monoisotopic (exact) mass is 398 g/mol. The molecule has 1 aromatic carbocycles. The van der Waals surface area contributed by atoms with Gasteiger partial charge in [-0.25, -0.2) is 13.8 Å². The molecule has 0 aliphatic heterocycles. The Morgan fingerprint density at radius 1 is 1.21 bits per heavy atom. The summed E-state index contributed by atoms with van der Waals surface area (Å²) >= 11 is 0. The average Bonchev–Trinajstić information content (AvgIpc) is 3.25. The molecule has 6 nitrogen and oxygen atoms in total. The Morgan fingerprint density at radius 3 is 2.83 bits per heavy atom. The van der Waals surface area contributed by atoms with Crippen molar-refractivity contribution in [3.63, 3.8) is 0 Å². The lowest BCUT2D eigenvalue weighted by molar-refractivity contribution is 0.505. The first-order chi connectivity index (χ1) is 14.1. The number of nitrogens with one attached hydrogen (secondary N) is 2. The summed E-state index contributed by atoms with van der Waals surface area (Å²) in [4.78, 5) is 15.7. The van der Waals surface area contributed by atoms with Gasteiger partial charge in [0, 0.05) is 42.8 Å². The fourth-order valence-corrected chi connectivity index (χ4v) is 3.09. The van der Waals surface area contributed by atoms with Gasteiger partial charge in [0.2, 0.25) is 0 Å². The number of aryl methyl sites for hydroxylation is 1. The maximum atomic E-state index is 13.7. The number of nitrogens with two attached hydrogens (primary N) is 1. The number of aromatic amines is 1. The van der Waals surface area contributed by atoms with Gasteiger partial charge in [0.1, 0.15) is 0 Å². The second kappa shape index (κ2) is 10.3. The van der Waals surface area contributed by atoms with Crippen molar-refractivity contribution in [1.29, 1.82) is 0 Å². The van der Waals surface area contributed by atoms with Crippen LogP contribution in [-0.4, -0.2) is 34.0 Å². The number of H-pyrrole nitrogens is 1. The topological polar surface area (TPSA) is 92.0 Å². The van der Waals surface area contributed by atoms with E-state index in [9.17, 15) is 8.78 Å². The van der Waals surface area contributed by atoms with Gasteiger partial charge in [0.15, 0.2) is 17.6 Å². The van der Waals surface area contributed by atoms with E-state index in [2.05, 4.69) is 25.3 Å². The number of halogens is 2. The van der Waals surface area contributed by atoms with E-state index >= 15 is 0 Å². The standard InChI is InChI=1S/C21H24F2N6/c22-18-7-6-15(12-19(18)23)17(20-5-1-2-9-26-20)8-11-28-21(24)27-10-3-4-16-13-25-14-29-16/h1-2,5-7,9,12-14,17H,3-4,8,10-11H2,(H,25,29)(H3,24,27,28)/t17-/m0/s1. The van der Waals surface area contributed by atoms with Gasteiger partial charge in [-0.1, -0.05) is 12.1 Å². The molecule has 4 N–H and O–H groups in total. The third-order valence-electron chi connectivity index (χ3n) is 4.57. The highest BCUT2D eigenvalue weighted by molar-refractivity contribution is 5.77. The Kier molecular flexibility index (Phi) is 7.27. The minimum atomic E-state index is -0.866. The van der Waals surface area contributed by atoms with Crippen molar-refractivity contribution in [1.82, 2.24) is 20.3 Å². The first-order valence-corrected chi connectivity index (χ1v) is 9.50. The summed E-state index contributed by atoms with van der Waals surface area (Å²) in [5.41, 5.74) is 8.45. The van der Waals surface area contributed by atoms with Gasteiger partial charge in [0.05, 0.1) is 6.33 Å². The number of hydrogen-bond donors (Lipinski definition) is 3. The van der Waals surface area contributed by atoms with Crippen LogP contribution in [0.15, 0.2) is 60.1 Å². The molecular formula is C21H24F2N6. The quantitative estimate of drug-likeness (QED) is 0.293. The molecule has 0 radical (unpaired) electrons. The van der Waals surface area contributed by atoms with E-state index in [1.807, 2.05) is 18.2 Å². The highest BCUT2D eigenvalue weighted by Gasteiger charge is 2.17. The molecule has 0 unspecified atom stereocenters. The lowest BCUT2D eigenvalue weighted by Gasteiger charge is -2.18. The number of hydrogen-bond acceptors (Lipinski definition) is 3. The maximum absolute atomic E-state index is 13.7. The third kappa shape index (κ3) is 6.10. The second-order valence-corrected chi connectivity index (χ2v) is 6.64. The predicted molar refractivity (Wildman–Crippen MR) is 108 cm³/mol. The fourth-order valence-electron chi connectivity index (χ4n) is 3.09. The zero-order valence-electron chi connectivity index (χ0n) is 16.0. The van der Waals surface area contributed by atoms with E-state index in [0.29, 0.717) is 31.0 Å². The molecule has 1 atom stereocenters. The number of benzene rings is 1. The van der Waals surface area contributed by atoms with Crippen LogP contribution >= 0.6 is 0 Å². The molecule has 0 amide bonds. The largest absolute Gasteiger partial charge is 0.370 e. The minimum Gasteiger partial charge on any atom is -0.370 e. The van der Waals surface area contributed by atoms with Crippen LogP contribution in [0.1, 0.15) is 35.7 Å². The van der Waals surface area contributed by atoms with Crippen LogP contribution < -0.4 is 11.1 Å². The summed E-state index contributed by atoms with van der Waals surface area (Å²) in [7, 11) is 0. The van der Waals surface area contributed by atoms with Gasteiger partial charge >= 0.3 is 0 Å². The van der Waals surface area contributed by atoms with Gasteiger partial charge in [0.25, 0.3) is 0 Å². The van der Waals surface area contributed by atoms with Crippen molar-refractivity contribution in [3.8, 4) is 0 Å². The Hall–Kier alpha value is -3.29. The lowest BCUT2D eigenvalue weighted by Crippen LogP contribution is -2.33. The maximum Gasteiger partial charge on any atom is 0.188 e. The molecule has 2 aromatic heterocycles. The summed E-state index contributed by atoms with van der Waals surface area (Å²) in [6.45, 7) is 1.13. The molecule has 0 aliphatic carbocycles. The highest BCUT2D eigenvalue weighted by atomic mass is 19.2. The van der Waals surface area contributed by atoms with Crippen LogP contribution in [0.4, 0.5) is 8.78 Å². The number of rotatable bonds is 9. The van der Waals surface area contributed by atoms with Gasteiger partial charge in [-0.2, -0.15) is 0 Å². The van der Waals surface area contributed by atoms with Crippen LogP contribution in [0.2, 0.25) is 0 Å². The zero-order chi connectivity index (χ0) is 20.5. The Bertz CT molecular complexity index is 912. The average molecular weight is 398 g/mol. The van der Waals surface area contributed by atoms with Crippen molar-refractivity contribution < 1.29 is 8.78 Å². The first-order valence-electron chi connectivity index (χ1n) is 9.50. The van der Waals surface area contributed by atoms with E-state index in [-0.39, 0.29) is 5.92 Å². The molecule has 0 fully saturated rings. The molecule has 8 heteroatoms. The number of guanidine groups is 1. The summed E-state index contributed by atoms with van der Waals surface area (Å²) in [6.07, 6.45) is 7.45. The lowest BCUT2D eigenvalue weighted by atomic mass is 9.92. The molecule has 3 rings (SSSR count). The van der Waals surface area contributed by atoms with Crippen LogP contribution in [-0.2, 0) is 6.42 Å². The van der Waals surface area contributed by atoms with Crippen molar-refractivity contribution in [2.24, 2.45) is 10.7 Å². The minimum absolute atomic E-state index is 0.188. The molecule has 2 heterocycles. The SMILES string of the molecule is NC(=NCCCc1cnc[nH]1)NCC[C@@H](c1ccc(F)c(F)c1)c1ccccn1. The van der Waals surface area contributed by atoms with Crippen LogP contribution in [0.3, 0.4) is 0 Å². The van der Waals surface area contributed by atoms with E-state index in [1.165, 1.54) is 6.07 Å². The third-order valence-corrected chi connectivity index (χ3v) is 4.57. The molecule has 0 saturated carbocycles. The van der Waals surface area contributed by atoms with Gasteiger partial charge in [-0.15, -0.1) is 0 Å². The predicted octanol–water partition coefficient (Wildman–Crippen LogP) is 3.14. The van der Waals surface area contributed by atoms with Crippen LogP contribution in [0.25, 0.3) is 0 Å². The van der Waals surface area contributed by atoms with Gasteiger partial charge in [-0.05, 0) is 49.1 Å². The molecule has 3 aromatic rings. The summed E-state index contributed by atoms with van der Waals surface area (Å²) in [5.74, 6) is -1.56. The van der Waals surface area contributed by atoms with Crippen molar-refractivity contribution in [2.75, 3.05) is 13.1 Å². The van der Waals surface area contributed by atoms with Crippen molar-refractivity contribution >= 4 is 5.96 Å². The molecule has 0 spiro atoms. The molecule has 0 saturated heterocycles. The van der Waals surface area contributed by atoms with E-state index in [1.54, 1.807) is 24.8 Å². The highest BCUT2D eigenvalue weighted by Crippen LogP contribution is 2.27. The number of aliphatic imine (C=N–C) groups is 1. The Balaban J connectivity index is 1.55. The summed E-state index contributed by atoms with van der Waals surface area (Å²) in [6, 6.07) is 9.52. The zero-order valence-corrected chi connectivity index (χ0v) is 16.0. The van der Waals surface area contributed by atoms with E-state index in [0.717, 1.165) is 30.3 Å². The van der Waals surface area contributed by atoms with Gasteiger partial charge < -0.3 is 16.0 Å². The second-order valence-electron chi connectivity index (χ2n) is 6.64. The van der Waals surface area contributed by atoms with Gasteiger partial charge in [-0.3, -0.25) is 9.98 Å². The van der Waals surface area contributed by atoms with Crippen LogP contribution in [0, 0.1) is 11.6 Å². The number of aromatic nitrogens is 3. The smallest absolute Gasteiger partial charge is 0.188 e. The number of pyridine rings is 1. The van der Waals surface area contributed by atoms with Crippen LogP contribution in [0.5, 0.6) is 0 Å². The summed E-state index contributed by atoms with van der Waals surface area (Å²) < 4.78 is 27.0. The van der Waals surface area contributed by atoms with Crippen molar-refractivity contribution in [2.45, 2.75) is 25.2 Å². The Labute approximate surface area is 168 Å². The summed E-state index contributed by atoms with van der Waals surface area (Å²) in [5, 5.41) is 3.08. The molecule has 152 valence electrons.